The van der Waals surface area contributed by atoms with Gasteiger partial charge in [-0.05, 0) is 22.7 Å². The molecule has 0 heterocycles. The third kappa shape index (κ3) is 3.70. The summed E-state index contributed by atoms with van der Waals surface area (Å²) in [4.78, 5) is 51.8. The van der Waals surface area contributed by atoms with Crippen LogP contribution < -0.4 is 0 Å². The molecule has 3 saturated carbocycles. The molecule has 0 aromatic carbocycles. The van der Waals surface area contributed by atoms with Gasteiger partial charge in [0.05, 0.1) is 11.8 Å². The summed E-state index contributed by atoms with van der Waals surface area (Å²) in [6.45, 7) is 7.79. The second-order valence-electron chi connectivity index (χ2n) is 10.5. The van der Waals surface area contributed by atoms with E-state index in [-0.39, 0.29) is 39.9 Å². The van der Waals surface area contributed by atoms with Crippen LogP contribution in [0, 0.1) is 34.5 Å². The Morgan fingerprint density at radius 2 is 0.962 bits per heavy atom. The highest BCUT2D eigenvalue weighted by Gasteiger charge is 2.53. The molecular weight excluding hydrogens is 328 g/mol. The Morgan fingerprint density at radius 1 is 0.654 bits per heavy atom. The highest BCUT2D eigenvalue weighted by molar-refractivity contribution is 6.10. The van der Waals surface area contributed by atoms with E-state index in [9.17, 15) is 19.2 Å². The van der Waals surface area contributed by atoms with Crippen molar-refractivity contribution in [2.24, 2.45) is 34.5 Å². The van der Waals surface area contributed by atoms with Crippen LogP contribution in [0.5, 0.6) is 0 Å². The zero-order valence-corrected chi connectivity index (χ0v) is 16.6. The molecular formula is C22H32O4. The third-order valence-electron chi connectivity index (χ3n) is 6.71. The smallest absolute Gasteiger partial charge is 0.144 e. The average molecular weight is 360 g/mol. The van der Waals surface area contributed by atoms with Crippen molar-refractivity contribution in [3.63, 3.8) is 0 Å². The predicted molar refractivity (Wildman–Crippen MR) is 98.5 cm³/mol. The summed E-state index contributed by atoms with van der Waals surface area (Å²) >= 11 is 0. The quantitative estimate of drug-likeness (QED) is 0.715. The first-order chi connectivity index (χ1) is 12.0. The number of hydrogen-bond acceptors (Lipinski definition) is 4. The SMILES string of the molecule is CC1(C)CC(=O)C(C(C2CCCC2)C2C(=O)CC(C)(C)CC2=O)C(=O)C1. The normalized spacial score (nSPS) is 28.3. The fourth-order valence-corrected chi connectivity index (χ4v) is 5.75. The molecule has 0 radical (unpaired) electrons. The lowest BCUT2D eigenvalue weighted by molar-refractivity contribution is -0.150. The fraction of sp³-hybridized carbons (Fsp3) is 0.818. The lowest BCUT2D eigenvalue weighted by Crippen LogP contribution is -2.51. The van der Waals surface area contributed by atoms with Gasteiger partial charge in [0.1, 0.15) is 23.1 Å². The molecule has 0 aliphatic heterocycles. The summed E-state index contributed by atoms with van der Waals surface area (Å²) < 4.78 is 0. The van der Waals surface area contributed by atoms with Gasteiger partial charge in [0.25, 0.3) is 0 Å². The third-order valence-corrected chi connectivity index (χ3v) is 6.71. The molecule has 4 heteroatoms. The van der Waals surface area contributed by atoms with Crippen LogP contribution in [0.3, 0.4) is 0 Å². The Morgan fingerprint density at radius 3 is 1.27 bits per heavy atom. The lowest BCUT2D eigenvalue weighted by atomic mass is 9.57. The van der Waals surface area contributed by atoms with E-state index in [1.54, 1.807) is 0 Å². The minimum absolute atomic E-state index is 0.0476. The van der Waals surface area contributed by atoms with Crippen molar-refractivity contribution in [3.05, 3.63) is 0 Å². The molecule has 144 valence electrons. The molecule has 3 rings (SSSR count). The maximum atomic E-state index is 13.0. The number of rotatable bonds is 3. The van der Waals surface area contributed by atoms with Gasteiger partial charge in [-0.2, -0.15) is 0 Å². The molecule has 0 aromatic heterocycles. The van der Waals surface area contributed by atoms with Crippen LogP contribution in [-0.4, -0.2) is 23.1 Å². The van der Waals surface area contributed by atoms with Crippen LogP contribution in [0.4, 0.5) is 0 Å². The first-order valence-corrected chi connectivity index (χ1v) is 10.1. The lowest BCUT2D eigenvalue weighted by Gasteiger charge is -2.43. The van der Waals surface area contributed by atoms with E-state index in [0.717, 1.165) is 25.7 Å². The van der Waals surface area contributed by atoms with E-state index >= 15 is 0 Å². The number of carbonyl (C=O) groups excluding carboxylic acids is 4. The highest BCUT2D eigenvalue weighted by Crippen LogP contribution is 2.48. The molecule has 0 N–H and O–H groups in total. The summed E-state index contributed by atoms with van der Waals surface area (Å²) in [7, 11) is 0. The Balaban J connectivity index is 1.96. The van der Waals surface area contributed by atoms with E-state index < -0.39 is 17.8 Å². The van der Waals surface area contributed by atoms with Crippen molar-refractivity contribution < 1.29 is 19.2 Å². The van der Waals surface area contributed by atoms with Gasteiger partial charge in [-0.15, -0.1) is 0 Å². The predicted octanol–water partition coefficient (Wildman–Crippen LogP) is 3.94. The van der Waals surface area contributed by atoms with E-state index in [1.165, 1.54) is 0 Å². The fourth-order valence-electron chi connectivity index (χ4n) is 5.75. The Hall–Kier alpha value is -1.32. The van der Waals surface area contributed by atoms with Crippen LogP contribution >= 0.6 is 0 Å². The van der Waals surface area contributed by atoms with Gasteiger partial charge < -0.3 is 0 Å². The number of carbonyl (C=O) groups is 4. The maximum absolute atomic E-state index is 13.0. The van der Waals surface area contributed by atoms with Crippen LogP contribution in [0.25, 0.3) is 0 Å². The van der Waals surface area contributed by atoms with Crippen molar-refractivity contribution in [3.8, 4) is 0 Å². The molecule has 4 nitrogen and oxygen atoms in total. The minimum Gasteiger partial charge on any atom is -0.299 e. The summed E-state index contributed by atoms with van der Waals surface area (Å²) in [6.07, 6.45) is 5.43. The number of hydrogen-bond donors (Lipinski definition) is 0. The van der Waals surface area contributed by atoms with Crippen molar-refractivity contribution in [2.75, 3.05) is 0 Å². The van der Waals surface area contributed by atoms with E-state index in [0.29, 0.717) is 25.7 Å². The molecule has 0 saturated heterocycles. The zero-order valence-electron chi connectivity index (χ0n) is 16.6. The molecule has 0 aromatic rings. The van der Waals surface area contributed by atoms with Gasteiger partial charge in [-0.1, -0.05) is 53.4 Å². The molecule has 0 bridgehead atoms. The van der Waals surface area contributed by atoms with Crippen LogP contribution in [-0.2, 0) is 19.2 Å². The van der Waals surface area contributed by atoms with Gasteiger partial charge in [0.15, 0.2) is 0 Å². The largest absolute Gasteiger partial charge is 0.299 e. The zero-order chi connectivity index (χ0) is 19.3. The van der Waals surface area contributed by atoms with Crippen LogP contribution in [0.2, 0.25) is 0 Å². The van der Waals surface area contributed by atoms with E-state index in [1.807, 2.05) is 27.7 Å². The summed E-state index contributed by atoms with van der Waals surface area (Å²) in [6, 6.07) is 0. The van der Waals surface area contributed by atoms with Crippen LogP contribution in [0.1, 0.15) is 79.1 Å². The average Bonchev–Trinajstić information content (AvgIpc) is 2.95. The van der Waals surface area contributed by atoms with Gasteiger partial charge >= 0.3 is 0 Å². The van der Waals surface area contributed by atoms with Gasteiger partial charge in [0, 0.05) is 25.7 Å². The molecule has 0 spiro atoms. The van der Waals surface area contributed by atoms with Gasteiger partial charge in [-0.3, -0.25) is 19.2 Å². The van der Waals surface area contributed by atoms with Gasteiger partial charge in [-0.25, -0.2) is 0 Å². The van der Waals surface area contributed by atoms with E-state index in [4.69, 9.17) is 0 Å². The van der Waals surface area contributed by atoms with Gasteiger partial charge in [0.2, 0.25) is 0 Å². The van der Waals surface area contributed by atoms with Crippen LogP contribution in [0.15, 0.2) is 0 Å². The molecule has 3 fully saturated rings. The Labute approximate surface area is 156 Å². The molecule has 0 amide bonds. The molecule has 0 unspecified atom stereocenters. The maximum Gasteiger partial charge on any atom is 0.144 e. The minimum atomic E-state index is -0.745. The molecule has 3 aliphatic rings. The summed E-state index contributed by atoms with van der Waals surface area (Å²) in [5.41, 5.74) is -0.624. The monoisotopic (exact) mass is 360 g/mol. The molecule has 26 heavy (non-hydrogen) atoms. The van der Waals surface area contributed by atoms with Crippen molar-refractivity contribution in [2.45, 2.75) is 79.1 Å². The topological polar surface area (TPSA) is 68.3 Å². The standard InChI is InChI=1S/C22H32O4/c1-21(2)9-14(23)19(15(24)10-21)18(13-7-5-6-8-13)20-16(25)11-22(3,4)12-17(20)26/h13,18-20H,5-12H2,1-4H3. The first-order valence-electron chi connectivity index (χ1n) is 10.1. The van der Waals surface area contributed by atoms with Crippen molar-refractivity contribution >= 4 is 23.1 Å². The molecule has 3 aliphatic carbocycles. The molecule has 0 atom stereocenters. The summed E-state index contributed by atoms with van der Waals surface area (Å²) in [5.74, 6) is -1.93. The van der Waals surface area contributed by atoms with Crippen molar-refractivity contribution in [1.82, 2.24) is 0 Å². The Bertz CT molecular complexity index is 549. The number of Topliss-reactive ketones (excluding diaryl/α,β-unsaturated/α-hetero) is 4. The van der Waals surface area contributed by atoms with E-state index in [2.05, 4.69) is 0 Å². The summed E-state index contributed by atoms with van der Waals surface area (Å²) in [5, 5.41) is 0. The van der Waals surface area contributed by atoms with Crippen molar-refractivity contribution in [1.29, 1.82) is 0 Å². The second-order valence-corrected chi connectivity index (χ2v) is 10.5. The highest BCUT2D eigenvalue weighted by atomic mass is 16.2. The number of ketones is 4. The first kappa shape index (κ1) is 19.4. The Kier molecular flexibility index (Phi) is 5.00. The second kappa shape index (κ2) is 6.69.